The van der Waals surface area contributed by atoms with E-state index < -0.39 is 5.97 Å². The number of carboxylic acids is 1. The van der Waals surface area contributed by atoms with Crippen LogP contribution in [0.5, 0.6) is 0 Å². The van der Waals surface area contributed by atoms with Crippen LogP contribution in [-0.4, -0.2) is 53.1 Å². The van der Waals surface area contributed by atoms with E-state index in [1.165, 1.54) is 25.7 Å². The fraction of sp³-hybridized carbons (Fsp3) is 0.846. The van der Waals surface area contributed by atoms with Gasteiger partial charge in [-0.2, -0.15) is 0 Å². The lowest BCUT2D eigenvalue weighted by atomic mass is 9.98. The van der Waals surface area contributed by atoms with Crippen molar-refractivity contribution in [3.63, 3.8) is 0 Å². The third-order valence-electron chi connectivity index (χ3n) is 4.24. The van der Waals surface area contributed by atoms with E-state index in [2.05, 4.69) is 0 Å². The van der Waals surface area contributed by atoms with Crippen molar-refractivity contribution in [2.24, 2.45) is 5.92 Å². The molecule has 0 bridgehead atoms. The molecular weight excluding hydrogens is 232 g/mol. The van der Waals surface area contributed by atoms with Crippen molar-refractivity contribution in [3.8, 4) is 0 Å². The normalized spacial score (nSPS) is 25.2. The summed E-state index contributed by atoms with van der Waals surface area (Å²) in [4.78, 5) is 26.2. The van der Waals surface area contributed by atoms with Gasteiger partial charge >= 0.3 is 12.0 Å². The average Bonchev–Trinajstić information content (AvgIpc) is 2.92. The molecule has 0 radical (unpaired) electrons. The van der Waals surface area contributed by atoms with Crippen LogP contribution in [0.4, 0.5) is 4.79 Å². The Hall–Kier alpha value is -1.26. The van der Waals surface area contributed by atoms with Gasteiger partial charge in [-0.25, -0.2) is 4.79 Å². The summed E-state index contributed by atoms with van der Waals surface area (Å²) in [5.74, 6) is -0.147. The first kappa shape index (κ1) is 13.2. The zero-order chi connectivity index (χ0) is 13.1. The minimum absolute atomic E-state index is 0.0669. The first-order valence-corrected chi connectivity index (χ1v) is 6.83. The van der Waals surface area contributed by atoms with Gasteiger partial charge in [0.15, 0.2) is 0 Å². The van der Waals surface area contributed by atoms with E-state index in [0.717, 1.165) is 6.54 Å². The highest BCUT2D eigenvalue weighted by Crippen LogP contribution is 2.33. The van der Waals surface area contributed by atoms with E-state index in [1.54, 1.807) is 0 Å². The van der Waals surface area contributed by atoms with Crippen LogP contribution in [0.3, 0.4) is 0 Å². The highest BCUT2D eigenvalue weighted by atomic mass is 16.4. The lowest BCUT2D eigenvalue weighted by molar-refractivity contribution is -0.137. The minimum atomic E-state index is -0.789. The van der Waals surface area contributed by atoms with Crippen LogP contribution in [0, 0.1) is 5.92 Å². The Morgan fingerprint density at radius 3 is 2.67 bits per heavy atom. The summed E-state index contributed by atoms with van der Waals surface area (Å²) in [5.41, 5.74) is 0. The summed E-state index contributed by atoms with van der Waals surface area (Å²) in [6, 6.07) is 0.405. The molecule has 0 aromatic carbocycles. The van der Waals surface area contributed by atoms with Gasteiger partial charge in [0.25, 0.3) is 0 Å². The van der Waals surface area contributed by atoms with Gasteiger partial charge in [-0.1, -0.05) is 12.8 Å². The molecule has 1 aliphatic heterocycles. The molecule has 1 N–H and O–H groups in total. The Kier molecular flexibility index (Phi) is 4.09. The Morgan fingerprint density at radius 1 is 1.39 bits per heavy atom. The molecule has 2 fully saturated rings. The van der Waals surface area contributed by atoms with Crippen molar-refractivity contribution in [1.29, 1.82) is 0 Å². The number of nitrogens with zero attached hydrogens (tertiary/aromatic N) is 2. The molecule has 5 nitrogen and oxygen atoms in total. The Bertz CT molecular complexity index is 326. The maximum Gasteiger partial charge on any atom is 0.320 e. The molecule has 1 saturated carbocycles. The summed E-state index contributed by atoms with van der Waals surface area (Å²) in [6.07, 6.45) is 5.70. The molecule has 2 aliphatic rings. The number of carbonyl (C=O) groups excluding carboxylic acids is 1. The van der Waals surface area contributed by atoms with E-state index in [4.69, 9.17) is 5.11 Å². The van der Waals surface area contributed by atoms with E-state index in [-0.39, 0.29) is 12.5 Å². The molecule has 1 aliphatic carbocycles. The highest BCUT2D eigenvalue weighted by Gasteiger charge is 2.39. The molecule has 1 saturated heterocycles. The maximum atomic E-state index is 12.1. The summed E-state index contributed by atoms with van der Waals surface area (Å²) >= 11 is 0. The van der Waals surface area contributed by atoms with Crippen molar-refractivity contribution in [2.45, 2.75) is 44.6 Å². The third-order valence-corrected chi connectivity index (χ3v) is 4.24. The molecule has 0 aromatic rings. The molecule has 2 amide bonds. The van der Waals surface area contributed by atoms with Crippen molar-refractivity contribution in [2.75, 3.05) is 20.1 Å². The number of hydrogen-bond donors (Lipinski definition) is 1. The Balaban J connectivity index is 1.86. The van der Waals surface area contributed by atoms with Gasteiger partial charge in [0.05, 0.1) is 6.04 Å². The molecule has 0 spiro atoms. The summed E-state index contributed by atoms with van der Waals surface area (Å²) < 4.78 is 0. The topological polar surface area (TPSA) is 60.9 Å². The number of aliphatic carboxylic acids is 1. The van der Waals surface area contributed by atoms with Crippen LogP contribution in [0.1, 0.15) is 38.5 Å². The molecule has 102 valence electrons. The highest BCUT2D eigenvalue weighted by molar-refractivity contribution is 5.77. The largest absolute Gasteiger partial charge is 0.481 e. The number of carbonyl (C=O) groups is 2. The number of rotatable bonds is 5. The summed E-state index contributed by atoms with van der Waals surface area (Å²) in [6.45, 7) is 1.35. The summed E-state index contributed by atoms with van der Waals surface area (Å²) in [7, 11) is 1.88. The predicted octanol–water partition coefficient (Wildman–Crippen LogP) is 1.78. The first-order valence-electron chi connectivity index (χ1n) is 6.83. The van der Waals surface area contributed by atoms with E-state index in [0.29, 0.717) is 24.9 Å². The molecule has 1 heterocycles. The number of amides is 2. The lowest BCUT2D eigenvalue weighted by Crippen LogP contribution is -2.35. The second-order valence-electron chi connectivity index (χ2n) is 5.45. The predicted molar refractivity (Wildman–Crippen MR) is 67.3 cm³/mol. The maximum absolute atomic E-state index is 12.1. The first-order chi connectivity index (χ1) is 8.59. The Morgan fingerprint density at radius 2 is 2.06 bits per heavy atom. The molecule has 1 atom stereocenters. The average molecular weight is 254 g/mol. The van der Waals surface area contributed by atoms with E-state index >= 15 is 0 Å². The monoisotopic (exact) mass is 254 g/mol. The molecule has 1 unspecified atom stereocenters. The van der Waals surface area contributed by atoms with Gasteiger partial charge in [0.2, 0.25) is 0 Å². The number of hydrogen-bond acceptors (Lipinski definition) is 2. The molecule has 5 heteroatoms. The number of carboxylic acid groups (broad SMARTS) is 1. The van der Waals surface area contributed by atoms with Crippen molar-refractivity contribution >= 4 is 12.0 Å². The zero-order valence-corrected chi connectivity index (χ0v) is 11.0. The van der Waals surface area contributed by atoms with Crippen LogP contribution in [0.25, 0.3) is 0 Å². The number of likely N-dealkylation sites (N-methyl/N-ethyl adjacent to an activating group) is 1. The number of urea groups is 1. The van der Waals surface area contributed by atoms with Crippen molar-refractivity contribution < 1.29 is 14.7 Å². The second-order valence-corrected chi connectivity index (χ2v) is 5.45. The molecular formula is C13H22N2O3. The minimum Gasteiger partial charge on any atom is -0.481 e. The molecule has 0 aromatic heterocycles. The third kappa shape index (κ3) is 2.76. The SMILES string of the molecule is CN1C(=O)N(CCCC(=O)O)CC1C1CCCC1. The smallest absolute Gasteiger partial charge is 0.320 e. The van der Waals surface area contributed by atoms with Crippen LogP contribution in [0.15, 0.2) is 0 Å². The quantitative estimate of drug-likeness (QED) is 0.813. The van der Waals surface area contributed by atoms with E-state index in [9.17, 15) is 9.59 Å². The standard InChI is InChI=1S/C13H22N2O3/c1-14-11(10-5-2-3-6-10)9-15(13(14)18)8-4-7-12(16)17/h10-11H,2-9H2,1H3,(H,16,17). The van der Waals surface area contributed by atoms with Gasteiger partial charge in [-0.05, 0) is 25.2 Å². The van der Waals surface area contributed by atoms with Gasteiger partial charge in [0.1, 0.15) is 0 Å². The molecule has 2 rings (SSSR count). The van der Waals surface area contributed by atoms with Crippen molar-refractivity contribution in [3.05, 3.63) is 0 Å². The van der Waals surface area contributed by atoms with E-state index in [1.807, 2.05) is 16.8 Å². The van der Waals surface area contributed by atoms with Crippen LogP contribution in [-0.2, 0) is 4.79 Å². The molecule has 18 heavy (non-hydrogen) atoms. The van der Waals surface area contributed by atoms with Gasteiger partial charge in [0, 0.05) is 26.6 Å². The van der Waals surface area contributed by atoms with Gasteiger partial charge in [-0.15, -0.1) is 0 Å². The van der Waals surface area contributed by atoms with Crippen LogP contribution in [0.2, 0.25) is 0 Å². The fourth-order valence-electron chi connectivity index (χ4n) is 3.21. The lowest BCUT2D eigenvalue weighted by Gasteiger charge is -2.23. The van der Waals surface area contributed by atoms with Crippen LogP contribution >= 0.6 is 0 Å². The summed E-state index contributed by atoms with van der Waals surface area (Å²) in [5, 5.41) is 8.62. The second kappa shape index (κ2) is 5.59. The van der Waals surface area contributed by atoms with Crippen LogP contribution < -0.4 is 0 Å². The van der Waals surface area contributed by atoms with Crippen molar-refractivity contribution in [1.82, 2.24) is 9.80 Å². The fourth-order valence-corrected chi connectivity index (χ4v) is 3.21. The van der Waals surface area contributed by atoms with Gasteiger partial charge in [-0.3, -0.25) is 4.79 Å². The Labute approximate surface area is 108 Å². The van der Waals surface area contributed by atoms with Gasteiger partial charge < -0.3 is 14.9 Å². The zero-order valence-electron chi connectivity index (χ0n) is 11.0.